The quantitative estimate of drug-likeness (QED) is 0.0148. The van der Waals surface area contributed by atoms with Gasteiger partial charge in [-0.05, 0) is 128 Å². The Morgan fingerprint density at radius 1 is 0.293 bits per heavy atom. The molecule has 0 aliphatic rings. The molecular formula is C78H143Na3O16P2. The molecule has 1 N–H and O–H groups in total. The fourth-order valence-corrected chi connectivity index (χ4v) is 11.7. The molecule has 0 amide bonds. The van der Waals surface area contributed by atoms with Gasteiger partial charge in [0.25, 0.3) is 7.82 Å². The van der Waals surface area contributed by atoms with Crippen molar-refractivity contribution in [1.82, 2.24) is 0 Å². The van der Waals surface area contributed by atoms with Crippen LogP contribution in [0.5, 0.6) is 0 Å². The van der Waals surface area contributed by atoms with E-state index in [1.54, 1.807) is 0 Å². The number of unbranched alkanes of at least 4 members (excludes halogenated alkanes) is 44. The monoisotopic (exact) mass is 1470 g/mol. The van der Waals surface area contributed by atoms with Crippen LogP contribution in [0.3, 0.4) is 0 Å². The Balaban J connectivity index is -0.000000578. The first kappa shape index (κ1) is 108. The van der Waals surface area contributed by atoms with E-state index in [4.69, 9.17) is 23.8 Å². The summed E-state index contributed by atoms with van der Waals surface area (Å²) in [6.07, 6.45) is 77.3. The van der Waals surface area contributed by atoms with Gasteiger partial charge in [0.05, 0.1) is 21.0 Å². The van der Waals surface area contributed by atoms with E-state index in [9.17, 15) is 43.0 Å². The zero-order valence-corrected chi connectivity index (χ0v) is 72.5. The molecule has 0 aliphatic carbocycles. The van der Waals surface area contributed by atoms with Crippen molar-refractivity contribution in [3.63, 3.8) is 0 Å². The molecule has 16 nitrogen and oxygen atoms in total. The molecule has 0 rings (SSSR count). The van der Waals surface area contributed by atoms with E-state index in [2.05, 4.69) is 85.4 Å². The third kappa shape index (κ3) is 94.1. The van der Waals surface area contributed by atoms with Crippen LogP contribution in [0.4, 0.5) is 0 Å². The van der Waals surface area contributed by atoms with Crippen LogP contribution >= 0.6 is 15.6 Å². The third-order valence-electron chi connectivity index (χ3n) is 16.9. The maximum atomic E-state index is 12.3. The molecule has 1 unspecified atom stereocenters. The number of allylic oxidation sites excluding steroid dienone is 8. The first-order chi connectivity index (χ1) is 46.6. The third-order valence-corrected chi connectivity index (χ3v) is 17.8. The van der Waals surface area contributed by atoms with E-state index >= 15 is 0 Å². The van der Waals surface area contributed by atoms with Crippen molar-refractivity contribution in [2.75, 3.05) is 26.4 Å². The summed E-state index contributed by atoms with van der Waals surface area (Å²) in [7, 11) is -10.3. The van der Waals surface area contributed by atoms with Crippen LogP contribution in [0, 0.1) is 0 Å². The van der Waals surface area contributed by atoms with E-state index < -0.39 is 64.9 Å². The van der Waals surface area contributed by atoms with Crippen LogP contribution in [0.15, 0.2) is 48.6 Å². The van der Waals surface area contributed by atoms with Gasteiger partial charge in [-0.2, -0.15) is 0 Å². The maximum absolute atomic E-state index is 12.3. The second kappa shape index (κ2) is 85.3. The predicted octanol–water partition coefficient (Wildman–Crippen LogP) is 12.4. The van der Waals surface area contributed by atoms with E-state index in [0.29, 0.717) is 25.7 Å². The number of phosphoric ester groups is 2. The second-order valence-electron chi connectivity index (χ2n) is 26.4. The summed E-state index contributed by atoms with van der Waals surface area (Å²) < 4.78 is 51.8. The predicted molar refractivity (Wildman–Crippen MR) is 389 cm³/mol. The Bertz CT molecular complexity index is 1830. The molecule has 0 heterocycles. The molecule has 3 atom stereocenters. The van der Waals surface area contributed by atoms with Crippen molar-refractivity contribution in [2.45, 2.75) is 399 Å². The minimum Gasteiger partial charge on any atom is -0.790 e. The first-order valence-corrected chi connectivity index (χ1v) is 42.2. The molecule has 0 aromatic carbocycles. The molecule has 0 saturated carbocycles. The molecule has 0 fully saturated rings. The fourth-order valence-electron chi connectivity index (χ4n) is 11.0. The molecule has 0 saturated heterocycles. The summed E-state index contributed by atoms with van der Waals surface area (Å²) in [5.41, 5.74) is 0. The molecule has 21 heteroatoms. The van der Waals surface area contributed by atoms with E-state index in [0.717, 1.165) is 128 Å². The standard InChI is InChI=1S/2C39H73O8P.3Na/c2*1-3-5-7-9-11-13-15-17-19-21-23-25-27-29-31-33-38(40)45-35-37(36-46-48(42,43)44)47-39(41)34-32-30-28-26-24-22-20-18-16-14-12-10-8-6-4-2;;;/h2*17-20,37H,3-16,21-36H2,1-2H3,(H2,42,43,44);;;/q;;3*+1/p-3/b2*19-17-,20-18-;;;/t2*37-;;;/m11.../s1. The number of hydrogen-bond acceptors (Lipinski definition) is 15. The van der Waals surface area contributed by atoms with Gasteiger partial charge in [0, 0.05) is 25.7 Å². The number of carbonyl (C=O) groups is 4. The number of ether oxygens (including phenoxy) is 4. The Morgan fingerprint density at radius 2 is 0.485 bits per heavy atom. The van der Waals surface area contributed by atoms with E-state index in [1.165, 1.54) is 180 Å². The summed E-state index contributed by atoms with van der Waals surface area (Å²) in [6.45, 7) is 7.04. The van der Waals surface area contributed by atoms with Gasteiger partial charge >= 0.3 is 113 Å². The first-order valence-electron chi connectivity index (χ1n) is 39.2. The average molecular weight is 1470 g/mol. The minimum atomic E-state index is -5.25. The summed E-state index contributed by atoms with van der Waals surface area (Å²) >= 11 is 0. The van der Waals surface area contributed by atoms with Crippen molar-refractivity contribution >= 4 is 39.5 Å². The zero-order chi connectivity index (χ0) is 70.8. The molecule has 0 aromatic rings. The summed E-state index contributed by atoms with van der Waals surface area (Å²) in [6, 6.07) is 0. The van der Waals surface area contributed by atoms with Crippen molar-refractivity contribution in [1.29, 1.82) is 0 Å². The van der Waals surface area contributed by atoms with Gasteiger partial charge in [0.2, 0.25) is 0 Å². The Morgan fingerprint density at radius 3 is 0.697 bits per heavy atom. The van der Waals surface area contributed by atoms with E-state index in [1.807, 2.05) is 0 Å². The van der Waals surface area contributed by atoms with Crippen LogP contribution in [0.25, 0.3) is 0 Å². The summed E-state index contributed by atoms with van der Waals surface area (Å²) in [5.74, 6) is -1.91. The smallest absolute Gasteiger partial charge is 0.790 e. The number of rotatable bonds is 72. The van der Waals surface area contributed by atoms with Gasteiger partial charge in [-0.3, -0.25) is 23.7 Å². The number of esters is 4. The maximum Gasteiger partial charge on any atom is 1.00 e. The van der Waals surface area contributed by atoms with Crippen molar-refractivity contribution in [3.8, 4) is 0 Å². The summed E-state index contributed by atoms with van der Waals surface area (Å²) in [4.78, 5) is 91.0. The number of hydrogen-bond donors (Lipinski definition) is 1. The molecule has 564 valence electrons. The average Bonchev–Trinajstić information content (AvgIpc) is 1.55. The van der Waals surface area contributed by atoms with Gasteiger partial charge in [-0.15, -0.1) is 0 Å². The van der Waals surface area contributed by atoms with Gasteiger partial charge in [-0.1, -0.05) is 282 Å². The van der Waals surface area contributed by atoms with Crippen LogP contribution in [0.1, 0.15) is 387 Å². The molecule has 0 aromatic heterocycles. The topological polar surface area (TPSA) is 247 Å². The zero-order valence-electron chi connectivity index (χ0n) is 64.7. The van der Waals surface area contributed by atoms with E-state index in [-0.39, 0.29) is 128 Å². The van der Waals surface area contributed by atoms with Crippen molar-refractivity contribution < 1.29 is 165 Å². The molecule has 99 heavy (non-hydrogen) atoms. The van der Waals surface area contributed by atoms with Crippen molar-refractivity contribution in [3.05, 3.63) is 48.6 Å². The van der Waals surface area contributed by atoms with Gasteiger partial charge in [0.1, 0.15) is 13.2 Å². The molecule has 0 radical (unpaired) electrons. The molecule has 0 aliphatic heterocycles. The largest absolute Gasteiger partial charge is 1.00 e. The van der Waals surface area contributed by atoms with Gasteiger partial charge in [0.15, 0.2) is 12.2 Å². The fraction of sp³-hybridized carbons (Fsp3) is 0.846. The number of phosphoric acid groups is 2. The molecule has 0 bridgehead atoms. The number of carbonyl (C=O) groups excluding carboxylic acids is 4. The Hall–Kier alpha value is 0.0600. The Kier molecular flexibility index (Phi) is 92.8. The van der Waals surface area contributed by atoms with Crippen LogP contribution in [0.2, 0.25) is 0 Å². The minimum absolute atomic E-state index is 0. The van der Waals surface area contributed by atoms with Gasteiger partial charge < -0.3 is 52.1 Å². The molecular weight excluding hydrogens is 1320 g/mol. The second-order valence-corrected chi connectivity index (χ2v) is 28.8. The normalized spacial score (nSPS) is 12.8. The van der Waals surface area contributed by atoms with Crippen LogP contribution in [-0.2, 0) is 56.3 Å². The van der Waals surface area contributed by atoms with Crippen molar-refractivity contribution in [2.24, 2.45) is 0 Å². The summed E-state index contributed by atoms with van der Waals surface area (Å²) in [5, 5.41) is 0. The Labute approximate surface area is 672 Å². The van der Waals surface area contributed by atoms with Crippen LogP contribution in [-0.4, -0.2) is 67.4 Å². The SMILES string of the molecule is CCCCCCCC/C=C\CCCCCCCC(=O)OC[C@H](COP(=O)([O-])O)OC(=O)CCCCCCC/C=C\CCCCCCCC.CCCCCCCC/C=C\CCCCCCCC(=O)OC[C@H](COP(=O)([O-])[O-])OC(=O)CCCCCCC/C=C\CCCCCCCC.[Na+].[Na+].[Na+]. The molecule has 0 spiro atoms. The van der Waals surface area contributed by atoms with Gasteiger partial charge in [-0.25, -0.2) is 0 Å². The van der Waals surface area contributed by atoms with Crippen LogP contribution < -0.4 is 103 Å².